The van der Waals surface area contributed by atoms with E-state index in [1.807, 2.05) is 61.7 Å². The van der Waals surface area contributed by atoms with Gasteiger partial charge in [-0.1, -0.05) is 24.3 Å². The summed E-state index contributed by atoms with van der Waals surface area (Å²) in [5.41, 5.74) is 4.76. The summed E-state index contributed by atoms with van der Waals surface area (Å²) in [6.45, 7) is 5.78. The molecule has 0 fully saturated rings. The van der Waals surface area contributed by atoms with Crippen LogP contribution >= 0.6 is 0 Å². The van der Waals surface area contributed by atoms with Gasteiger partial charge < -0.3 is 4.40 Å². The summed E-state index contributed by atoms with van der Waals surface area (Å²) < 4.78 is 29.6. The smallest absolute Gasteiger partial charge is 0.237 e. The second-order valence-electron chi connectivity index (χ2n) is 5.69. The molecule has 5 nitrogen and oxygen atoms in total. The number of nitrogens with one attached hydrogen (secondary N) is 1. The van der Waals surface area contributed by atoms with Crippen LogP contribution in [0.15, 0.2) is 42.6 Å². The largest absolute Gasteiger partial charge is 0.302 e. The molecule has 0 amide bonds. The first-order chi connectivity index (χ1) is 10.9. The van der Waals surface area contributed by atoms with E-state index in [1.165, 1.54) is 0 Å². The van der Waals surface area contributed by atoms with Crippen molar-refractivity contribution in [2.45, 2.75) is 26.5 Å². The van der Waals surface area contributed by atoms with Crippen molar-refractivity contribution in [2.24, 2.45) is 0 Å². The Bertz CT molecular complexity index is 975. The molecule has 1 aromatic carbocycles. The predicted molar refractivity (Wildman–Crippen MR) is 92.1 cm³/mol. The quantitative estimate of drug-likeness (QED) is 0.799. The van der Waals surface area contributed by atoms with Gasteiger partial charge in [0.2, 0.25) is 10.0 Å². The number of sulfonamides is 1. The lowest BCUT2D eigenvalue weighted by Gasteiger charge is -2.10. The van der Waals surface area contributed by atoms with Crippen molar-refractivity contribution in [1.82, 2.24) is 9.38 Å². The van der Waals surface area contributed by atoms with Gasteiger partial charge in [-0.05, 0) is 44.0 Å². The molecule has 0 aliphatic heterocycles. The molecule has 1 N–H and O–H groups in total. The standard InChI is InChI=1S/C17H19N3O2S/c1-12-7-4-5-8-15(12)11-23(21,22)19-16-9-6-10-20-14(3)13(2)18-17(16)20/h4-10,19H,11H2,1-3H3. The maximum atomic E-state index is 12.5. The van der Waals surface area contributed by atoms with E-state index in [0.717, 1.165) is 22.5 Å². The summed E-state index contributed by atoms with van der Waals surface area (Å²) in [7, 11) is -3.51. The molecule has 3 rings (SSSR count). The molecule has 0 saturated heterocycles. The van der Waals surface area contributed by atoms with E-state index in [-0.39, 0.29) is 5.75 Å². The van der Waals surface area contributed by atoms with E-state index in [4.69, 9.17) is 0 Å². The molecule has 3 aromatic rings. The Morgan fingerprint density at radius 3 is 2.57 bits per heavy atom. The van der Waals surface area contributed by atoms with Gasteiger partial charge in [0.25, 0.3) is 0 Å². The van der Waals surface area contributed by atoms with Crippen LogP contribution in [0.2, 0.25) is 0 Å². The highest BCUT2D eigenvalue weighted by atomic mass is 32.2. The topological polar surface area (TPSA) is 63.5 Å². The highest BCUT2D eigenvalue weighted by molar-refractivity contribution is 7.91. The van der Waals surface area contributed by atoms with Gasteiger partial charge in [0.1, 0.15) is 0 Å². The SMILES string of the molecule is Cc1ccccc1CS(=O)(=O)Nc1cccn2c(C)c(C)nc12. The van der Waals surface area contributed by atoms with Gasteiger partial charge in [-0.15, -0.1) is 0 Å². The van der Waals surface area contributed by atoms with Crippen LogP contribution in [0.4, 0.5) is 5.69 Å². The monoisotopic (exact) mass is 329 g/mol. The van der Waals surface area contributed by atoms with Crippen LogP contribution in [0.3, 0.4) is 0 Å². The molecular formula is C17H19N3O2S. The fourth-order valence-corrected chi connectivity index (χ4v) is 3.86. The number of hydrogen-bond donors (Lipinski definition) is 1. The highest BCUT2D eigenvalue weighted by Gasteiger charge is 2.16. The lowest BCUT2D eigenvalue weighted by molar-refractivity contribution is 0.600. The van der Waals surface area contributed by atoms with Crippen molar-refractivity contribution < 1.29 is 8.42 Å². The maximum absolute atomic E-state index is 12.5. The third kappa shape index (κ3) is 3.07. The number of rotatable bonds is 4. The van der Waals surface area contributed by atoms with E-state index >= 15 is 0 Å². The first-order valence-electron chi connectivity index (χ1n) is 7.37. The summed E-state index contributed by atoms with van der Waals surface area (Å²) in [4.78, 5) is 4.46. The van der Waals surface area contributed by atoms with Gasteiger partial charge in [0.15, 0.2) is 5.65 Å². The van der Waals surface area contributed by atoms with E-state index in [2.05, 4.69) is 9.71 Å². The van der Waals surface area contributed by atoms with Crippen molar-refractivity contribution >= 4 is 21.4 Å². The summed E-state index contributed by atoms with van der Waals surface area (Å²) >= 11 is 0. The van der Waals surface area contributed by atoms with Crippen molar-refractivity contribution in [1.29, 1.82) is 0 Å². The zero-order valence-corrected chi connectivity index (χ0v) is 14.2. The number of imidazole rings is 1. The van der Waals surface area contributed by atoms with Gasteiger partial charge in [-0.2, -0.15) is 0 Å². The zero-order chi connectivity index (χ0) is 16.6. The number of pyridine rings is 1. The molecule has 2 heterocycles. The Hall–Kier alpha value is -2.34. The average molecular weight is 329 g/mol. The first kappa shape index (κ1) is 15.6. The molecule has 2 aromatic heterocycles. The average Bonchev–Trinajstić information content (AvgIpc) is 2.78. The molecule has 0 atom stereocenters. The number of benzene rings is 1. The van der Waals surface area contributed by atoms with Crippen molar-refractivity contribution in [3.63, 3.8) is 0 Å². The fraction of sp³-hybridized carbons (Fsp3) is 0.235. The van der Waals surface area contributed by atoms with E-state index in [1.54, 1.807) is 6.07 Å². The Morgan fingerprint density at radius 1 is 1.09 bits per heavy atom. The summed E-state index contributed by atoms with van der Waals surface area (Å²) in [6.07, 6.45) is 1.88. The second kappa shape index (κ2) is 5.70. The van der Waals surface area contributed by atoms with Gasteiger partial charge in [0.05, 0.1) is 17.1 Å². The van der Waals surface area contributed by atoms with Crippen LogP contribution in [0.1, 0.15) is 22.5 Å². The lowest BCUT2D eigenvalue weighted by atomic mass is 10.1. The normalized spacial score (nSPS) is 11.8. The zero-order valence-electron chi connectivity index (χ0n) is 13.4. The van der Waals surface area contributed by atoms with Crippen molar-refractivity contribution in [3.05, 3.63) is 65.1 Å². The van der Waals surface area contributed by atoms with Crippen LogP contribution in [-0.4, -0.2) is 17.8 Å². The van der Waals surface area contributed by atoms with Gasteiger partial charge in [-0.25, -0.2) is 13.4 Å². The second-order valence-corrected chi connectivity index (χ2v) is 7.41. The van der Waals surface area contributed by atoms with Crippen LogP contribution in [0, 0.1) is 20.8 Å². The molecule has 120 valence electrons. The van der Waals surface area contributed by atoms with E-state index in [0.29, 0.717) is 11.3 Å². The minimum Gasteiger partial charge on any atom is -0.302 e. The molecule has 0 aliphatic carbocycles. The lowest BCUT2D eigenvalue weighted by Crippen LogP contribution is -2.16. The molecule has 6 heteroatoms. The Labute approximate surface area is 136 Å². The molecular weight excluding hydrogens is 310 g/mol. The Kier molecular flexibility index (Phi) is 3.85. The molecule has 0 saturated carbocycles. The fourth-order valence-electron chi connectivity index (χ4n) is 2.56. The third-order valence-electron chi connectivity index (χ3n) is 4.00. The predicted octanol–water partition coefficient (Wildman–Crippen LogP) is 3.20. The maximum Gasteiger partial charge on any atom is 0.237 e. The third-order valence-corrected chi connectivity index (χ3v) is 5.22. The van der Waals surface area contributed by atoms with Crippen molar-refractivity contribution in [3.8, 4) is 0 Å². The van der Waals surface area contributed by atoms with Gasteiger partial charge >= 0.3 is 0 Å². The molecule has 23 heavy (non-hydrogen) atoms. The summed E-state index contributed by atoms with van der Waals surface area (Å²) in [6, 6.07) is 11.0. The number of anilines is 1. The number of fused-ring (bicyclic) bond motifs is 1. The van der Waals surface area contributed by atoms with E-state index < -0.39 is 10.0 Å². The number of nitrogens with zero attached hydrogens (tertiary/aromatic N) is 2. The molecule has 0 spiro atoms. The van der Waals surface area contributed by atoms with Crippen LogP contribution in [0.25, 0.3) is 5.65 Å². The van der Waals surface area contributed by atoms with Crippen molar-refractivity contribution in [2.75, 3.05) is 4.72 Å². The molecule has 0 aliphatic rings. The minimum atomic E-state index is -3.51. The van der Waals surface area contributed by atoms with Crippen LogP contribution in [-0.2, 0) is 15.8 Å². The van der Waals surface area contributed by atoms with Gasteiger partial charge in [-0.3, -0.25) is 4.72 Å². The molecule has 0 unspecified atom stereocenters. The number of aromatic nitrogens is 2. The Morgan fingerprint density at radius 2 is 1.83 bits per heavy atom. The first-order valence-corrected chi connectivity index (χ1v) is 9.02. The van der Waals surface area contributed by atoms with Crippen LogP contribution in [0.5, 0.6) is 0 Å². The van der Waals surface area contributed by atoms with Gasteiger partial charge in [0, 0.05) is 11.9 Å². The highest BCUT2D eigenvalue weighted by Crippen LogP contribution is 2.21. The molecule has 0 bridgehead atoms. The number of hydrogen-bond acceptors (Lipinski definition) is 3. The summed E-state index contributed by atoms with van der Waals surface area (Å²) in [5, 5.41) is 0. The molecule has 0 radical (unpaired) electrons. The number of aryl methyl sites for hydroxylation is 3. The van der Waals surface area contributed by atoms with E-state index in [9.17, 15) is 8.42 Å². The minimum absolute atomic E-state index is 0.0562. The Balaban J connectivity index is 1.95. The summed E-state index contributed by atoms with van der Waals surface area (Å²) in [5.74, 6) is -0.0562. The van der Waals surface area contributed by atoms with Crippen LogP contribution < -0.4 is 4.72 Å².